The van der Waals surface area contributed by atoms with Crippen LogP contribution in [0.15, 0.2) is 23.1 Å². The van der Waals surface area contributed by atoms with Gasteiger partial charge >= 0.3 is 0 Å². The number of hydrogen-bond donors (Lipinski definition) is 0. The van der Waals surface area contributed by atoms with Crippen molar-refractivity contribution in [3.8, 4) is 0 Å². The minimum absolute atomic E-state index is 0.0792. The first kappa shape index (κ1) is 17.9. The van der Waals surface area contributed by atoms with Gasteiger partial charge in [0.25, 0.3) is 15.0 Å². The van der Waals surface area contributed by atoms with E-state index in [2.05, 4.69) is 0 Å². The summed E-state index contributed by atoms with van der Waals surface area (Å²) in [6.45, 7) is 5.16. The zero-order chi connectivity index (χ0) is 16.0. The molecule has 0 aromatic heterocycles. The fourth-order valence-electron chi connectivity index (χ4n) is 2.05. The average molecular weight is 334 g/mol. The van der Waals surface area contributed by atoms with Gasteiger partial charge in [-0.15, -0.1) is 0 Å². The third kappa shape index (κ3) is 4.69. The number of benzene rings is 1. The standard InChI is InChI=1S/C14H20ClNO4S/c1-4-8-16(5-2)14(17)11-6-7-12(10-20-3)13(9-11)21(15,18)19/h6-7,9H,4-5,8,10H2,1-3H3. The van der Waals surface area contributed by atoms with Crippen LogP contribution in [0, 0.1) is 0 Å². The van der Waals surface area contributed by atoms with Gasteiger partial charge in [-0.1, -0.05) is 13.0 Å². The number of methoxy groups -OCH3 is 1. The van der Waals surface area contributed by atoms with Gasteiger partial charge in [-0.25, -0.2) is 8.42 Å². The van der Waals surface area contributed by atoms with Gasteiger partial charge in [0, 0.05) is 36.4 Å². The largest absolute Gasteiger partial charge is 0.380 e. The number of amides is 1. The van der Waals surface area contributed by atoms with Gasteiger partial charge in [0.1, 0.15) is 0 Å². The third-order valence-electron chi connectivity index (χ3n) is 3.04. The van der Waals surface area contributed by atoms with E-state index in [-0.39, 0.29) is 17.4 Å². The van der Waals surface area contributed by atoms with E-state index in [1.807, 2.05) is 13.8 Å². The van der Waals surface area contributed by atoms with Crippen molar-refractivity contribution in [1.29, 1.82) is 0 Å². The Morgan fingerprint density at radius 3 is 2.48 bits per heavy atom. The summed E-state index contributed by atoms with van der Waals surface area (Å²) in [7, 11) is 2.97. The van der Waals surface area contributed by atoms with Crippen molar-refractivity contribution in [3.05, 3.63) is 29.3 Å². The third-order valence-corrected chi connectivity index (χ3v) is 4.44. The van der Waals surface area contributed by atoms with E-state index in [0.29, 0.717) is 24.2 Å². The van der Waals surface area contributed by atoms with Crippen LogP contribution < -0.4 is 0 Å². The van der Waals surface area contributed by atoms with E-state index in [9.17, 15) is 13.2 Å². The molecule has 0 bridgehead atoms. The van der Waals surface area contributed by atoms with Crippen molar-refractivity contribution < 1.29 is 17.9 Å². The fourth-order valence-corrected chi connectivity index (χ4v) is 3.18. The first-order valence-electron chi connectivity index (χ1n) is 6.70. The second-order valence-electron chi connectivity index (χ2n) is 4.58. The highest BCUT2D eigenvalue weighted by Crippen LogP contribution is 2.23. The number of ether oxygens (including phenoxy) is 1. The molecule has 0 spiro atoms. The molecular formula is C14H20ClNO4S. The zero-order valence-corrected chi connectivity index (χ0v) is 14.0. The summed E-state index contributed by atoms with van der Waals surface area (Å²) in [6, 6.07) is 4.48. The molecule has 0 N–H and O–H groups in total. The Balaban J connectivity index is 3.25. The Bertz CT molecular complexity index is 601. The Morgan fingerprint density at radius 2 is 2.00 bits per heavy atom. The molecule has 21 heavy (non-hydrogen) atoms. The summed E-state index contributed by atoms with van der Waals surface area (Å²) in [5, 5.41) is 0. The van der Waals surface area contributed by atoms with E-state index in [1.165, 1.54) is 13.2 Å². The summed E-state index contributed by atoms with van der Waals surface area (Å²) in [5.41, 5.74) is 0.743. The van der Waals surface area contributed by atoms with Crippen LogP contribution in [-0.2, 0) is 20.4 Å². The van der Waals surface area contributed by atoms with Crippen LogP contribution in [-0.4, -0.2) is 39.4 Å². The first-order chi connectivity index (χ1) is 9.85. The van der Waals surface area contributed by atoms with Gasteiger partial charge < -0.3 is 9.64 Å². The molecule has 1 aromatic rings. The zero-order valence-electron chi connectivity index (χ0n) is 12.4. The van der Waals surface area contributed by atoms with Gasteiger partial charge in [0.2, 0.25) is 0 Å². The molecule has 0 heterocycles. The molecule has 1 amide bonds. The molecule has 0 aliphatic heterocycles. The van der Waals surface area contributed by atoms with Crippen molar-refractivity contribution in [1.82, 2.24) is 4.90 Å². The summed E-state index contributed by atoms with van der Waals surface area (Å²) in [5.74, 6) is -0.204. The normalized spacial score (nSPS) is 11.4. The Kier molecular flexibility index (Phi) is 6.64. The Hall–Kier alpha value is -1.11. The lowest BCUT2D eigenvalue weighted by molar-refractivity contribution is 0.0764. The highest BCUT2D eigenvalue weighted by atomic mass is 35.7. The van der Waals surface area contributed by atoms with Crippen LogP contribution >= 0.6 is 10.7 Å². The van der Waals surface area contributed by atoms with Gasteiger partial charge in [0.15, 0.2) is 0 Å². The summed E-state index contributed by atoms with van der Waals surface area (Å²) < 4.78 is 28.3. The molecule has 0 saturated heterocycles. The van der Waals surface area contributed by atoms with Crippen molar-refractivity contribution in [2.75, 3.05) is 20.2 Å². The molecule has 118 valence electrons. The smallest absolute Gasteiger partial charge is 0.261 e. The van der Waals surface area contributed by atoms with Crippen LogP contribution in [0.1, 0.15) is 36.2 Å². The molecule has 7 heteroatoms. The molecular weight excluding hydrogens is 314 g/mol. The molecule has 1 rings (SSSR count). The van der Waals surface area contributed by atoms with Crippen molar-refractivity contribution in [2.45, 2.75) is 31.8 Å². The molecule has 0 radical (unpaired) electrons. The van der Waals surface area contributed by atoms with Gasteiger partial charge in [-0.3, -0.25) is 4.79 Å². The number of carbonyl (C=O) groups excluding carboxylic acids is 1. The number of rotatable bonds is 7. The molecule has 0 saturated carbocycles. The lowest BCUT2D eigenvalue weighted by Crippen LogP contribution is -2.31. The fraction of sp³-hybridized carbons (Fsp3) is 0.500. The molecule has 1 aromatic carbocycles. The Labute approximate surface area is 130 Å². The molecule has 0 atom stereocenters. The number of hydrogen-bond acceptors (Lipinski definition) is 4. The minimum atomic E-state index is -3.93. The summed E-state index contributed by atoms with van der Waals surface area (Å²) in [4.78, 5) is 14.0. The SMILES string of the molecule is CCCN(CC)C(=O)c1ccc(COC)c(S(=O)(=O)Cl)c1. The quantitative estimate of drug-likeness (QED) is 0.719. The molecule has 0 aliphatic rings. The Morgan fingerprint density at radius 1 is 1.33 bits per heavy atom. The van der Waals surface area contributed by atoms with E-state index >= 15 is 0 Å². The monoisotopic (exact) mass is 333 g/mol. The second-order valence-corrected chi connectivity index (χ2v) is 7.11. The van der Waals surface area contributed by atoms with Gasteiger partial charge in [0.05, 0.1) is 11.5 Å². The topological polar surface area (TPSA) is 63.7 Å². The van der Waals surface area contributed by atoms with Crippen LogP contribution in [0.25, 0.3) is 0 Å². The van der Waals surface area contributed by atoms with Crippen LogP contribution in [0.4, 0.5) is 0 Å². The van der Waals surface area contributed by atoms with Crippen LogP contribution in [0.5, 0.6) is 0 Å². The van der Waals surface area contributed by atoms with E-state index in [4.69, 9.17) is 15.4 Å². The first-order valence-corrected chi connectivity index (χ1v) is 9.01. The predicted octanol–water partition coefficient (Wildman–Crippen LogP) is 2.63. The lowest BCUT2D eigenvalue weighted by Gasteiger charge is -2.20. The maximum Gasteiger partial charge on any atom is 0.261 e. The molecule has 0 aliphatic carbocycles. The molecule has 5 nitrogen and oxygen atoms in total. The highest BCUT2D eigenvalue weighted by molar-refractivity contribution is 8.13. The van der Waals surface area contributed by atoms with E-state index in [0.717, 1.165) is 6.42 Å². The van der Waals surface area contributed by atoms with Gasteiger partial charge in [-0.05, 0) is 31.0 Å². The van der Waals surface area contributed by atoms with E-state index in [1.54, 1.807) is 17.0 Å². The van der Waals surface area contributed by atoms with Crippen molar-refractivity contribution in [2.24, 2.45) is 0 Å². The van der Waals surface area contributed by atoms with Crippen molar-refractivity contribution in [3.63, 3.8) is 0 Å². The average Bonchev–Trinajstić information content (AvgIpc) is 2.43. The highest BCUT2D eigenvalue weighted by Gasteiger charge is 2.20. The molecule has 0 fully saturated rings. The maximum atomic E-state index is 12.4. The maximum absolute atomic E-state index is 12.4. The second kappa shape index (κ2) is 7.77. The lowest BCUT2D eigenvalue weighted by atomic mass is 10.1. The van der Waals surface area contributed by atoms with E-state index < -0.39 is 9.05 Å². The summed E-state index contributed by atoms with van der Waals surface area (Å²) in [6.07, 6.45) is 0.835. The molecule has 0 unspecified atom stereocenters. The summed E-state index contributed by atoms with van der Waals surface area (Å²) >= 11 is 0. The number of carbonyl (C=O) groups is 1. The van der Waals surface area contributed by atoms with Crippen molar-refractivity contribution >= 4 is 25.6 Å². The predicted molar refractivity (Wildman–Crippen MR) is 82.1 cm³/mol. The number of nitrogens with zero attached hydrogens (tertiary/aromatic N) is 1. The van der Waals surface area contributed by atoms with Crippen LogP contribution in [0.3, 0.4) is 0 Å². The van der Waals surface area contributed by atoms with Crippen LogP contribution in [0.2, 0.25) is 0 Å². The number of halogens is 1. The minimum Gasteiger partial charge on any atom is -0.380 e. The van der Waals surface area contributed by atoms with Gasteiger partial charge in [-0.2, -0.15) is 0 Å².